The molecule has 3 saturated carbocycles. The van der Waals surface area contributed by atoms with Gasteiger partial charge in [-0.15, -0.1) is 6.58 Å². The van der Waals surface area contributed by atoms with Gasteiger partial charge in [0.05, 0.1) is 0 Å². The average Bonchev–Trinajstić information content (AvgIpc) is 3.28. The van der Waals surface area contributed by atoms with E-state index in [1.165, 1.54) is 57.8 Å². The second-order valence-corrected chi connectivity index (χ2v) is 11.2. The fraction of sp³-hybridized carbons (Fsp3) is 0.926. The number of hydrogen-bond donors (Lipinski definition) is 0. The maximum absolute atomic E-state index is 3.96. The van der Waals surface area contributed by atoms with Crippen molar-refractivity contribution in [3.63, 3.8) is 0 Å². The largest absolute Gasteiger partial charge is 0.103 e. The third-order valence-corrected chi connectivity index (χ3v) is 9.01. The number of unbranched alkanes of at least 4 members (excludes halogenated alkanes) is 1. The molecule has 0 spiro atoms. The van der Waals surface area contributed by atoms with Crippen molar-refractivity contribution in [2.45, 2.75) is 105 Å². The third kappa shape index (κ3) is 4.84. The summed E-state index contributed by atoms with van der Waals surface area (Å²) in [4.78, 5) is 0. The van der Waals surface area contributed by atoms with Gasteiger partial charge in [0.2, 0.25) is 0 Å². The van der Waals surface area contributed by atoms with Crippen LogP contribution in [0.3, 0.4) is 0 Å². The van der Waals surface area contributed by atoms with Crippen molar-refractivity contribution >= 4 is 0 Å². The molecule has 0 N–H and O–H groups in total. The second kappa shape index (κ2) is 9.98. The summed E-state index contributed by atoms with van der Waals surface area (Å²) in [6, 6.07) is 0. The van der Waals surface area contributed by atoms with E-state index in [4.69, 9.17) is 0 Å². The number of rotatable bonds is 9. The van der Waals surface area contributed by atoms with Crippen molar-refractivity contribution in [3.8, 4) is 0 Å². The molecule has 0 heteroatoms. The van der Waals surface area contributed by atoms with Crippen LogP contribution >= 0.6 is 0 Å². The van der Waals surface area contributed by atoms with Crippen LogP contribution in [0.4, 0.5) is 0 Å². The molecule has 0 aromatic carbocycles. The molecular weight excluding hydrogens is 324 g/mol. The predicted octanol–water partition coefficient (Wildman–Crippen LogP) is 8.52. The van der Waals surface area contributed by atoms with Gasteiger partial charge in [0.1, 0.15) is 0 Å². The summed E-state index contributed by atoms with van der Waals surface area (Å²) >= 11 is 0. The van der Waals surface area contributed by atoms with Crippen LogP contribution in [0.25, 0.3) is 0 Å². The molecule has 0 aliphatic heterocycles. The van der Waals surface area contributed by atoms with E-state index >= 15 is 0 Å². The lowest BCUT2D eigenvalue weighted by molar-refractivity contribution is 0.0422. The Morgan fingerprint density at radius 2 is 1.44 bits per heavy atom. The fourth-order valence-electron chi connectivity index (χ4n) is 8.25. The van der Waals surface area contributed by atoms with Crippen LogP contribution in [0.5, 0.6) is 0 Å². The molecule has 0 saturated heterocycles. The van der Waals surface area contributed by atoms with Crippen LogP contribution < -0.4 is 0 Å². The smallest absolute Gasteiger partial charge is 0.0321 e. The van der Waals surface area contributed by atoms with E-state index < -0.39 is 0 Å². The van der Waals surface area contributed by atoms with Crippen LogP contribution in [0, 0.1) is 53.3 Å². The molecule has 5 unspecified atom stereocenters. The quantitative estimate of drug-likeness (QED) is 0.281. The molecule has 0 aromatic heterocycles. The monoisotopic (exact) mass is 372 g/mol. The van der Waals surface area contributed by atoms with Gasteiger partial charge in [-0.1, -0.05) is 72.3 Å². The van der Waals surface area contributed by atoms with Crippen molar-refractivity contribution in [2.75, 3.05) is 0 Å². The Bertz CT molecular complexity index is 433. The Hall–Kier alpha value is -0.260. The first-order valence-corrected chi connectivity index (χ1v) is 12.7. The van der Waals surface area contributed by atoms with Crippen LogP contribution in [0.2, 0.25) is 0 Å². The van der Waals surface area contributed by atoms with Crippen LogP contribution in [-0.4, -0.2) is 0 Å². The highest BCUT2D eigenvalue weighted by molar-refractivity contribution is 4.99. The second-order valence-electron chi connectivity index (χ2n) is 11.2. The Kier molecular flexibility index (Phi) is 7.92. The lowest BCUT2D eigenvalue weighted by atomic mass is 9.61. The summed E-state index contributed by atoms with van der Waals surface area (Å²) in [5.41, 5.74) is 0. The van der Waals surface area contributed by atoms with Crippen molar-refractivity contribution in [1.29, 1.82) is 0 Å². The molecule has 0 bridgehead atoms. The van der Waals surface area contributed by atoms with Gasteiger partial charge < -0.3 is 0 Å². The zero-order chi connectivity index (χ0) is 19.4. The molecule has 3 rings (SSSR count). The minimum atomic E-state index is 0.845. The molecule has 0 heterocycles. The maximum Gasteiger partial charge on any atom is -0.0321 e. The maximum atomic E-state index is 3.96. The minimum Gasteiger partial charge on any atom is -0.103 e. The van der Waals surface area contributed by atoms with Crippen molar-refractivity contribution in [2.24, 2.45) is 53.3 Å². The number of fused-ring (bicyclic) bond motifs is 1. The molecular formula is C27H48. The highest BCUT2D eigenvalue weighted by Gasteiger charge is 2.50. The van der Waals surface area contributed by atoms with E-state index in [9.17, 15) is 0 Å². The zero-order valence-electron chi connectivity index (χ0n) is 19.0. The van der Waals surface area contributed by atoms with Gasteiger partial charge in [-0.25, -0.2) is 0 Å². The van der Waals surface area contributed by atoms with Crippen LogP contribution in [0.1, 0.15) is 105 Å². The van der Waals surface area contributed by atoms with Crippen molar-refractivity contribution in [1.82, 2.24) is 0 Å². The van der Waals surface area contributed by atoms with E-state index in [1.807, 2.05) is 0 Å². The lowest BCUT2D eigenvalue weighted by Gasteiger charge is -2.44. The summed E-state index contributed by atoms with van der Waals surface area (Å²) in [7, 11) is 0. The average molecular weight is 373 g/mol. The molecule has 0 radical (unpaired) electrons. The SMILES string of the molecule is C=CCCCC1CC(C(C2CCCC2)C(C(C)C)C(C)C)C2CCCCC12. The highest BCUT2D eigenvalue weighted by Crippen LogP contribution is 2.58. The summed E-state index contributed by atoms with van der Waals surface area (Å²) in [6.07, 6.45) is 20.0. The van der Waals surface area contributed by atoms with Gasteiger partial charge in [-0.05, 0) is 91.8 Å². The van der Waals surface area contributed by atoms with E-state index in [-0.39, 0.29) is 0 Å². The molecule has 3 aliphatic rings. The first kappa shape index (κ1) is 21.4. The lowest BCUT2D eigenvalue weighted by Crippen LogP contribution is -2.38. The first-order valence-electron chi connectivity index (χ1n) is 12.7. The molecule has 0 amide bonds. The Balaban J connectivity index is 1.84. The van der Waals surface area contributed by atoms with Gasteiger partial charge in [0.25, 0.3) is 0 Å². The summed E-state index contributed by atoms with van der Waals surface area (Å²) < 4.78 is 0. The fourth-order valence-corrected chi connectivity index (χ4v) is 8.25. The van der Waals surface area contributed by atoms with Crippen molar-refractivity contribution < 1.29 is 0 Å². The molecule has 156 valence electrons. The number of allylic oxidation sites excluding steroid dienone is 1. The van der Waals surface area contributed by atoms with Gasteiger partial charge in [0.15, 0.2) is 0 Å². The number of hydrogen-bond acceptors (Lipinski definition) is 0. The van der Waals surface area contributed by atoms with E-state index in [0.29, 0.717) is 0 Å². The van der Waals surface area contributed by atoms with E-state index in [2.05, 4.69) is 40.3 Å². The predicted molar refractivity (Wildman–Crippen MR) is 120 cm³/mol. The summed E-state index contributed by atoms with van der Waals surface area (Å²) in [5.74, 6) is 8.89. The van der Waals surface area contributed by atoms with Gasteiger partial charge in [-0.3, -0.25) is 0 Å². The summed E-state index contributed by atoms with van der Waals surface area (Å²) in [5, 5.41) is 0. The molecule has 0 aromatic rings. The Labute approximate surface area is 171 Å². The highest BCUT2D eigenvalue weighted by atomic mass is 14.6. The van der Waals surface area contributed by atoms with E-state index in [1.54, 1.807) is 19.3 Å². The Morgan fingerprint density at radius 3 is 2.04 bits per heavy atom. The van der Waals surface area contributed by atoms with Gasteiger partial charge in [-0.2, -0.15) is 0 Å². The zero-order valence-corrected chi connectivity index (χ0v) is 19.0. The van der Waals surface area contributed by atoms with E-state index in [0.717, 1.165) is 53.3 Å². The normalized spacial score (nSPS) is 33.1. The molecule has 27 heavy (non-hydrogen) atoms. The van der Waals surface area contributed by atoms with Gasteiger partial charge in [0, 0.05) is 0 Å². The van der Waals surface area contributed by atoms with Crippen LogP contribution in [0.15, 0.2) is 12.7 Å². The summed E-state index contributed by atoms with van der Waals surface area (Å²) in [6.45, 7) is 14.1. The van der Waals surface area contributed by atoms with Gasteiger partial charge >= 0.3 is 0 Å². The molecule has 3 fully saturated rings. The standard InChI is InChI=1S/C27H48/c1-6-7-8-15-22-18-25(24-17-12-11-16-23(22)24)27(21-13-9-10-14-21)26(19(2)3)20(4)5/h6,19-27H,1,7-18H2,2-5H3. The third-order valence-electron chi connectivity index (χ3n) is 9.01. The molecule has 3 aliphatic carbocycles. The first-order chi connectivity index (χ1) is 13.0. The minimum absolute atomic E-state index is 0.845. The molecule has 5 atom stereocenters. The van der Waals surface area contributed by atoms with Crippen LogP contribution in [-0.2, 0) is 0 Å². The van der Waals surface area contributed by atoms with Crippen molar-refractivity contribution in [3.05, 3.63) is 12.7 Å². The molecule has 0 nitrogen and oxygen atoms in total. The Morgan fingerprint density at radius 1 is 0.852 bits per heavy atom. The topological polar surface area (TPSA) is 0 Å².